The van der Waals surface area contributed by atoms with Crippen LogP contribution in [0, 0.1) is 0 Å². The number of halogens is 1. The number of ether oxygens (including phenoxy) is 1. The molecule has 1 atom stereocenters. The minimum absolute atomic E-state index is 0.0163. The normalized spacial score (nSPS) is 18.4. The van der Waals surface area contributed by atoms with E-state index >= 15 is 0 Å². The SMILES string of the molecule is CCNC(=NCC(C)(C)c1ccccc1Br)N1CCOC(c2cnn(C)c2)C1. The van der Waals surface area contributed by atoms with Crippen molar-refractivity contribution in [2.75, 3.05) is 32.8 Å². The molecule has 1 unspecified atom stereocenters. The summed E-state index contributed by atoms with van der Waals surface area (Å²) in [6, 6.07) is 8.38. The van der Waals surface area contributed by atoms with Crippen molar-refractivity contribution in [1.82, 2.24) is 20.0 Å². The van der Waals surface area contributed by atoms with Crippen molar-refractivity contribution in [2.45, 2.75) is 32.3 Å². The highest BCUT2D eigenvalue weighted by Crippen LogP contribution is 2.30. The molecule has 1 aromatic carbocycles. The van der Waals surface area contributed by atoms with Crippen LogP contribution >= 0.6 is 15.9 Å². The minimum atomic E-state index is -0.0736. The van der Waals surface area contributed by atoms with E-state index in [1.54, 1.807) is 0 Å². The van der Waals surface area contributed by atoms with Gasteiger partial charge in [0.25, 0.3) is 0 Å². The van der Waals surface area contributed by atoms with E-state index in [4.69, 9.17) is 9.73 Å². The Hall–Kier alpha value is -1.86. The summed E-state index contributed by atoms with van der Waals surface area (Å²) >= 11 is 3.68. The van der Waals surface area contributed by atoms with Crippen LogP contribution in [0.25, 0.3) is 0 Å². The Bertz CT molecular complexity index is 817. The number of rotatable bonds is 5. The van der Waals surface area contributed by atoms with E-state index in [-0.39, 0.29) is 11.5 Å². The van der Waals surface area contributed by atoms with Gasteiger partial charge in [0, 0.05) is 41.8 Å². The molecule has 0 amide bonds. The first-order chi connectivity index (χ1) is 13.4. The first-order valence-electron chi connectivity index (χ1n) is 9.79. The van der Waals surface area contributed by atoms with Gasteiger partial charge in [-0.1, -0.05) is 48.0 Å². The largest absolute Gasteiger partial charge is 0.370 e. The number of guanidine groups is 1. The van der Waals surface area contributed by atoms with Gasteiger partial charge in [-0.15, -0.1) is 0 Å². The fourth-order valence-corrected chi connectivity index (χ4v) is 4.26. The van der Waals surface area contributed by atoms with E-state index in [1.165, 1.54) is 5.56 Å². The molecule has 6 nitrogen and oxygen atoms in total. The van der Waals surface area contributed by atoms with Crippen molar-refractivity contribution in [1.29, 1.82) is 0 Å². The molecule has 0 aliphatic carbocycles. The molecule has 0 saturated carbocycles. The standard InChI is InChI=1S/C21H30BrN5O/c1-5-23-20(24-15-21(2,3)17-8-6-7-9-18(17)22)27-10-11-28-19(14-27)16-12-25-26(4)13-16/h6-9,12-13,19H,5,10-11,14-15H2,1-4H3,(H,23,24). The highest BCUT2D eigenvalue weighted by atomic mass is 79.9. The van der Waals surface area contributed by atoms with Crippen molar-refractivity contribution >= 4 is 21.9 Å². The quantitative estimate of drug-likeness (QED) is 0.562. The van der Waals surface area contributed by atoms with Crippen molar-refractivity contribution in [2.24, 2.45) is 12.0 Å². The number of nitrogens with one attached hydrogen (secondary N) is 1. The number of hydrogen-bond donors (Lipinski definition) is 1. The molecule has 28 heavy (non-hydrogen) atoms. The zero-order chi connectivity index (χ0) is 20.1. The lowest BCUT2D eigenvalue weighted by Crippen LogP contribution is -2.48. The molecular weight excluding hydrogens is 418 g/mol. The van der Waals surface area contributed by atoms with Gasteiger partial charge in [-0.05, 0) is 18.6 Å². The zero-order valence-electron chi connectivity index (χ0n) is 17.2. The van der Waals surface area contributed by atoms with E-state index in [0.717, 1.165) is 35.6 Å². The second-order valence-corrected chi connectivity index (χ2v) is 8.64. The Balaban J connectivity index is 1.75. The van der Waals surface area contributed by atoms with Crippen molar-refractivity contribution in [3.05, 3.63) is 52.3 Å². The molecule has 1 aliphatic rings. The fourth-order valence-electron chi connectivity index (χ4n) is 3.44. The maximum Gasteiger partial charge on any atom is 0.194 e. The molecule has 2 heterocycles. The molecule has 1 saturated heterocycles. The van der Waals surface area contributed by atoms with Crippen LogP contribution in [0.2, 0.25) is 0 Å². The fraction of sp³-hybridized carbons (Fsp3) is 0.524. The van der Waals surface area contributed by atoms with E-state index in [2.05, 4.69) is 70.2 Å². The van der Waals surface area contributed by atoms with Crippen LogP contribution in [0.5, 0.6) is 0 Å². The lowest BCUT2D eigenvalue weighted by molar-refractivity contribution is -0.00806. The maximum absolute atomic E-state index is 5.98. The Labute approximate surface area is 176 Å². The van der Waals surface area contributed by atoms with Gasteiger partial charge in [-0.3, -0.25) is 9.67 Å². The summed E-state index contributed by atoms with van der Waals surface area (Å²) in [5.74, 6) is 0.944. The molecule has 7 heteroatoms. The van der Waals surface area contributed by atoms with Crippen LogP contribution in [0.15, 0.2) is 46.1 Å². The van der Waals surface area contributed by atoms with Crippen LogP contribution in [0.4, 0.5) is 0 Å². The Morgan fingerprint density at radius 1 is 1.39 bits per heavy atom. The van der Waals surface area contributed by atoms with E-state index in [1.807, 2.05) is 30.2 Å². The number of aromatic nitrogens is 2. The van der Waals surface area contributed by atoms with Gasteiger partial charge in [0.15, 0.2) is 5.96 Å². The van der Waals surface area contributed by atoms with Crippen LogP contribution in [-0.2, 0) is 17.2 Å². The predicted octanol–water partition coefficient (Wildman–Crippen LogP) is 3.50. The van der Waals surface area contributed by atoms with Crippen molar-refractivity contribution < 1.29 is 4.74 Å². The first-order valence-corrected chi connectivity index (χ1v) is 10.6. The number of morpholine rings is 1. The Morgan fingerprint density at radius 2 is 2.18 bits per heavy atom. The number of aryl methyl sites for hydroxylation is 1. The lowest BCUT2D eigenvalue weighted by atomic mass is 9.85. The molecule has 2 aromatic rings. The highest BCUT2D eigenvalue weighted by Gasteiger charge is 2.27. The molecule has 1 aliphatic heterocycles. The third-order valence-corrected chi connectivity index (χ3v) is 5.72. The smallest absolute Gasteiger partial charge is 0.194 e. The summed E-state index contributed by atoms with van der Waals surface area (Å²) in [6.07, 6.45) is 3.92. The van der Waals surface area contributed by atoms with E-state index in [0.29, 0.717) is 13.2 Å². The molecule has 1 aromatic heterocycles. The molecular formula is C21H30BrN5O. The van der Waals surface area contributed by atoms with Crippen molar-refractivity contribution in [3.63, 3.8) is 0 Å². The average molecular weight is 448 g/mol. The molecule has 0 radical (unpaired) electrons. The highest BCUT2D eigenvalue weighted by molar-refractivity contribution is 9.10. The molecule has 152 valence electrons. The van der Waals surface area contributed by atoms with Crippen molar-refractivity contribution in [3.8, 4) is 0 Å². The molecule has 1 fully saturated rings. The first kappa shape index (κ1) is 20.9. The van der Waals surface area contributed by atoms with Gasteiger partial charge in [0.2, 0.25) is 0 Å². The third kappa shape index (κ3) is 4.94. The van der Waals surface area contributed by atoms with Gasteiger partial charge in [-0.2, -0.15) is 5.10 Å². The summed E-state index contributed by atoms with van der Waals surface area (Å²) in [7, 11) is 1.93. The Kier molecular flexibility index (Phi) is 6.78. The summed E-state index contributed by atoms with van der Waals surface area (Å²) in [6.45, 7) is 10.4. The lowest BCUT2D eigenvalue weighted by Gasteiger charge is -2.35. The van der Waals surface area contributed by atoms with Gasteiger partial charge in [-0.25, -0.2) is 0 Å². The monoisotopic (exact) mass is 447 g/mol. The number of benzene rings is 1. The van der Waals surface area contributed by atoms with E-state index in [9.17, 15) is 0 Å². The van der Waals surface area contributed by atoms with Crippen LogP contribution in [0.3, 0.4) is 0 Å². The van der Waals surface area contributed by atoms with Crippen LogP contribution in [-0.4, -0.2) is 53.4 Å². The summed E-state index contributed by atoms with van der Waals surface area (Å²) in [5, 5.41) is 7.73. The van der Waals surface area contributed by atoms with Crippen LogP contribution < -0.4 is 5.32 Å². The third-order valence-electron chi connectivity index (χ3n) is 5.02. The number of hydrogen-bond acceptors (Lipinski definition) is 3. The minimum Gasteiger partial charge on any atom is -0.370 e. The van der Waals surface area contributed by atoms with E-state index < -0.39 is 0 Å². The second kappa shape index (κ2) is 9.09. The van der Waals surface area contributed by atoms with Crippen LogP contribution in [0.1, 0.15) is 38.0 Å². The molecule has 0 bridgehead atoms. The molecule has 0 spiro atoms. The maximum atomic E-state index is 5.98. The number of aliphatic imine (C=N–C) groups is 1. The summed E-state index contributed by atoms with van der Waals surface area (Å²) in [5.41, 5.74) is 2.30. The van der Waals surface area contributed by atoms with Gasteiger partial charge >= 0.3 is 0 Å². The van der Waals surface area contributed by atoms with Gasteiger partial charge < -0.3 is 15.0 Å². The average Bonchev–Trinajstić information content (AvgIpc) is 3.12. The Morgan fingerprint density at radius 3 is 2.86 bits per heavy atom. The zero-order valence-corrected chi connectivity index (χ0v) is 18.7. The molecule has 1 N–H and O–H groups in total. The second-order valence-electron chi connectivity index (χ2n) is 7.79. The van der Waals surface area contributed by atoms with Gasteiger partial charge in [0.1, 0.15) is 6.10 Å². The summed E-state index contributed by atoms with van der Waals surface area (Å²) < 4.78 is 8.93. The molecule has 3 rings (SSSR count). The van der Waals surface area contributed by atoms with Gasteiger partial charge in [0.05, 0.1) is 25.9 Å². The topological polar surface area (TPSA) is 54.7 Å². The predicted molar refractivity (Wildman–Crippen MR) is 117 cm³/mol. The number of nitrogens with zero attached hydrogens (tertiary/aromatic N) is 4. The summed E-state index contributed by atoms with van der Waals surface area (Å²) in [4.78, 5) is 7.29.